The number of aliphatic imine (C=N–C) groups is 1. The summed E-state index contributed by atoms with van der Waals surface area (Å²) in [4.78, 5) is 35.1. The molecule has 0 atom stereocenters. The van der Waals surface area contributed by atoms with E-state index < -0.39 is 6.03 Å². The van der Waals surface area contributed by atoms with Gasteiger partial charge in [-0.3, -0.25) is 15.0 Å². The van der Waals surface area contributed by atoms with Crippen molar-refractivity contribution in [2.75, 3.05) is 20.6 Å². The number of nitrogens with zero attached hydrogens (tertiary/aromatic N) is 5. The van der Waals surface area contributed by atoms with Crippen molar-refractivity contribution in [2.24, 2.45) is 4.99 Å². The maximum absolute atomic E-state index is 12.5. The molecule has 3 amide bonds. The normalized spacial score (nSPS) is 17.0. The molecule has 0 saturated carbocycles. The monoisotopic (exact) mass is 498 g/mol. The number of urea groups is 1. The molecule has 0 fully saturated rings. The Kier molecular flexibility index (Phi) is 9.33. The van der Waals surface area contributed by atoms with E-state index in [0.717, 1.165) is 28.9 Å². The first-order valence-electron chi connectivity index (χ1n) is 11.8. The van der Waals surface area contributed by atoms with E-state index in [2.05, 4.69) is 52.6 Å². The van der Waals surface area contributed by atoms with E-state index >= 15 is 0 Å². The zero-order chi connectivity index (χ0) is 26.8. The number of carbonyl (C=O) groups excluding carboxylic acids is 2. The van der Waals surface area contributed by atoms with Crippen molar-refractivity contribution in [3.05, 3.63) is 83.1 Å². The number of aromatic nitrogens is 1. The minimum Gasteiger partial charge on any atom is -0.439 e. The number of ether oxygens (including phenoxy) is 1. The Morgan fingerprint density at radius 1 is 1.24 bits per heavy atom. The van der Waals surface area contributed by atoms with Crippen molar-refractivity contribution < 1.29 is 14.3 Å². The minimum atomic E-state index is -0.598. The van der Waals surface area contributed by atoms with Crippen LogP contribution in [0.15, 0.2) is 77.0 Å². The minimum absolute atomic E-state index is 0.284. The van der Waals surface area contributed by atoms with Gasteiger partial charge in [0.25, 0.3) is 0 Å². The average Bonchev–Trinajstić information content (AvgIpc) is 2.88. The molecule has 0 aliphatic heterocycles. The van der Waals surface area contributed by atoms with Crippen molar-refractivity contribution >= 4 is 24.1 Å². The quantitative estimate of drug-likeness (QED) is 0.341. The highest BCUT2D eigenvalue weighted by Gasteiger charge is 2.16. The van der Waals surface area contributed by atoms with Gasteiger partial charge in [-0.05, 0) is 62.1 Å². The number of hydrogen-bond donors (Lipinski definition) is 1. The largest absolute Gasteiger partial charge is 0.439 e. The molecule has 1 N–H and O–H groups in total. The van der Waals surface area contributed by atoms with Gasteiger partial charge in [-0.1, -0.05) is 29.9 Å². The Balaban J connectivity index is 1.87. The molecule has 190 valence electrons. The van der Waals surface area contributed by atoms with Crippen LogP contribution in [0.3, 0.4) is 0 Å². The first-order chi connectivity index (χ1) is 17.8. The number of likely N-dealkylation sites (N-methyl/N-ethyl adjacent to an activating group) is 1. The predicted molar refractivity (Wildman–Crippen MR) is 143 cm³/mol. The second kappa shape index (κ2) is 12.8. The summed E-state index contributed by atoms with van der Waals surface area (Å²) in [6.45, 7) is 4.46. The van der Waals surface area contributed by atoms with E-state index in [9.17, 15) is 9.59 Å². The number of carbonyl (C=O) groups is 2. The first kappa shape index (κ1) is 26.9. The number of allylic oxidation sites excluding steroid dienone is 4. The highest BCUT2D eigenvalue weighted by atomic mass is 16.5. The zero-order valence-corrected chi connectivity index (χ0v) is 21.4. The topological polar surface area (TPSA) is 111 Å². The smallest absolute Gasteiger partial charge is 0.330 e. The van der Waals surface area contributed by atoms with Gasteiger partial charge in [-0.25, -0.2) is 14.8 Å². The van der Waals surface area contributed by atoms with Crippen LogP contribution in [0, 0.1) is 18.3 Å². The number of guanidine groups is 1. The van der Waals surface area contributed by atoms with Gasteiger partial charge in [-0.2, -0.15) is 5.26 Å². The maximum atomic E-state index is 12.5. The Morgan fingerprint density at radius 2 is 2.05 bits per heavy atom. The SMILES string of the molecule is C/C1=C/C=C(CN(C)C(=Nc2ccc(Oc3cc(C#N)ccn3)c(C)c2)NC(=O)N(C)C=O)\C=C/CC1. The molecule has 0 unspecified atom stereocenters. The molecule has 9 heteroatoms. The summed E-state index contributed by atoms with van der Waals surface area (Å²) in [6.07, 6.45) is 12.3. The molecule has 0 radical (unpaired) electrons. The van der Waals surface area contributed by atoms with Crippen LogP contribution in [0.4, 0.5) is 10.5 Å². The number of benzene rings is 1. The molecular weight excluding hydrogens is 468 g/mol. The van der Waals surface area contributed by atoms with E-state index in [1.165, 1.54) is 18.8 Å². The Hall–Kier alpha value is -4.71. The van der Waals surface area contributed by atoms with Gasteiger partial charge in [-0.15, -0.1) is 0 Å². The van der Waals surface area contributed by atoms with Crippen LogP contribution in [-0.2, 0) is 4.79 Å². The lowest BCUT2D eigenvalue weighted by atomic mass is 10.1. The van der Waals surface area contributed by atoms with Gasteiger partial charge in [0.15, 0.2) is 0 Å². The van der Waals surface area contributed by atoms with Crippen molar-refractivity contribution in [3.63, 3.8) is 0 Å². The maximum Gasteiger partial charge on any atom is 0.330 e. The molecule has 1 aromatic carbocycles. The van der Waals surface area contributed by atoms with Crippen LogP contribution < -0.4 is 10.1 Å². The summed E-state index contributed by atoms with van der Waals surface area (Å²) in [5.74, 6) is 1.16. The van der Waals surface area contributed by atoms with Gasteiger partial charge < -0.3 is 9.64 Å². The lowest BCUT2D eigenvalue weighted by Gasteiger charge is -2.23. The Bertz CT molecular complexity index is 1320. The second-order valence-electron chi connectivity index (χ2n) is 8.68. The molecule has 0 saturated heterocycles. The molecule has 9 nitrogen and oxygen atoms in total. The third-order valence-electron chi connectivity index (χ3n) is 5.57. The van der Waals surface area contributed by atoms with Crippen LogP contribution in [0.2, 0.25) is 0 Å². The number of hydrogen-bond acceptors (Lipinski definition) is 6. The molecular formula is C28H30N6O3. The number of imide groups is 1. The Morgan fingerprint density at radius 3 is 2.78 bits per heavy atom. The van der Waals surface area contributed by atoms with E-state index in [4.69, 9.17) is 10.00 Å². The summed E-state index contributed by atoms with van der Waals surface area (Å²) in [7, 11) is 3.20. The molecule has 37 heavy (non-hydrogen) atoms. The Labute approximate surface area is 217 Å². The summed E-state index contributed by atoms with van der Waals surface area (Å²) < 4.78 is 5.84. The van der Waals surface area contributed by atoms with Crippen molar-refractivity contribution in [2.45, 2.75) is 26.7 Å². The molecule has 1 aliphatic carbocycles. The fourth-order valence-electron chi connectivity index (χ4n) is 3.42. The van der Waals surface area contributed by atoms with Gasteiger partial charge in [0.05, 0.1) is 17.3 Å². The third-order valence-corrected chi connectivity index (χ3v) is 5.57. The van der Waals surface area contributed by atoms with Gasteiger partial charge in [0.2, 0.25) is 18.2 Å². The predicted octanol–water partition coefficient (Wildman–Crippen LogP) is 4.99. The van der Waals surface area contributed by atoms with Gasteiger partial charge in [0.1, 0.15) is 5.75 Å². The summed E-state index contributed by atoms with van der Waals surface area (Å²) in [5.41, 5.74) is 4.17. The number of amides is 3. The third kappa shape index (κ3) is 7.90. The lowest BCUT2D eigenvalue weighted by Crippen LogP contribution is -2.47. The van der Waals surface area contributed by atoms with Crippen LogP contribution in [0.5, 0.6) is 11.6 Å². The molecule has 2 aromatic rings. The molecule has 1 aliphatic rings. The van der Waals surface area contributed by atoms with Crippen molar-refractivity contribution in [1.29, 1.82) is 5.26 Å². The second-order valence-corrected chi connectivity index (χ2v) is 8.68. The molecule has 1 heterocycles. The standard InChI is InChI=1S/C28H30N6O3/c1-20-7-5-6-8-22(10-9-20)18-33(3)27(32-28(36)34(4)19-35)31-24-11-12-25(21(2)15-24)37-26-16-23(17-29)13-14-30-26/h6,8-16,19H,5,7,18H2,1-4H3,(H,31,32,36)/b8-6-,20-9-,22-10+. The molecule has 0 bridgehead atoms. The number of nitrogens with one attached hydrogen (secondary N) is 1. The van der Waals surface area contributed by atoms with Crippen LogP contribution >= 0.6 is 0 Å². The summed E-state index contributed by atoms with van der Waals surface area (Å²) >= 11 is 0. The lowest BCUT2D eigenvalue weighted by molar-refractivity contribution is -0.114. The first-order valence-corrected chi connectivity index (χ1v) is 11.8. The van der Waals surface area contributed by atoms with E-state index in [-0.39, 0.29) is 5.96 Å². The van der Waals surface area contributed by atoms with E-state index in [1.807, 2.05) is 24.9 Å². The van der Waals surface area contributed by atoms with Crippen LogP contribution in [0.25, 0.3) is 0 Å². The number of rotatable bonds is 6. The summed E-state index contributed by atoms with van der Waals surface area (Å²) in [5, 5.41) is 11.8. The molecule has 0 spiro atoms. The van der Waals surface area contributed by atoms with Gasteiger partial charge >= 0.3 is 6.03 Å². The van der Waals surface area contributed by atoms with E-state index in [0.29, 0.717) is 35.8 Å². The molecule has 3 rings (SSSR count). The molecule has 1 aromatic heterocycles. The number of pyridine rings is 1. The van der Waals surface area contributed by atoms with Crippen molar-refractivity contribution in [1.82, 2.24) is 20.1 Å². The fourth-order valence-corrected chi connectivity index (χ4v) is 3.42. The zero-order valence-electron chi connectivity index (χ0n) is 21.4. The van der Waals surface area contributed by atoms with Crippen LogP contribution in [0.1, 0.15) is 30.9 Å². The van der Waals surface area contributed by atoms with Crippen molar-refractivity contribution in [3.8, 4) is 17.7 Å². The van der Waals surface area contributed by atoms with Gasteiger partial charge in [0, 0.05) is 32.9 Å². The van der Waals surface area contributed by atoms with E-state index in [1.54, 1.807) is 24.3 Å². The average molecular weight is 499 g/mol. The number of nitriles is 1. The van der Waals surface area contributed by atoms with Crippen LogP contribution in [-0.4, -0.2) is 53.8 Å². The summed E-state index contributed by atoms with van der Waals surface area (Å²) in [6, 6.07) is 9.94. The highest BCUT2D eigenvalue weighted by Crippen LogP contribution is 2.28. The fraction of sp³-hybridized carbons (Fsp3) is 0.250. The highest BCUT2D eigenvalue weighted by molar-refractivity contribution is 6.00. The number of aryl methyl sites for hydroxylation is 1.